The Labute approximate surface area is 199 Å². The number of aromatic nitrogens is 1. The van der Waals surface area contributed by atoms with E-state index in [1.54, 1.807) is 11.3 Å². The van der Waals surface area contributed by atoms with Gasteiger partial charge in [0.2, 0.25) is 0 Å². The summed E-state index contributed by atoms with van der Waals surface area (Å²) in [5.74, 6) is 3.22. The average molecular weight is 459 g/mol. The van der Waals surface area contributed by atoms with Gasteiger partial charge in [0.05, 0.1) is 5.69 Å². The lowest BCUT2D eigenvalue weighted by atomic mass is 9.49. The average Bonchev–Trinajstić information content (AvgIpc) is 3.28. The van der Waals surface area contributed by atoms with Crippen LogP contribution in [0.15, 0.2) is 60.0 Å². The Morgan fingerprint density at radius 3 is 2.24 bits per heavy atom. The first-order valence-corrected chi connectivity index (χ1v) is 13.0. The van der Waals surface area contributed by atoms with Crippen molar-refractivity contribution >= 4 is 22.4 Å². The summed E-state index contributed by atoms with van der Waals surface area (Å²) in [7, 11) is 0. The van der Waals surface area contributed by atoms with Crippen molar-refractivity contribution < 1.29 is 9.53 Å². The Morgan fingerprint density at radius 2 is 1.58 bits per heavy atom. The van der Waals surface area contributed by atoms with Gasteiger partial charge >= 0.3 is 0 Å². The summed E-state index contributed by atoms with van der Waals surface area (Å²) in [5, 5.41) is 5.84. The van der Waals surface area contributed by atoms with Crippen molar-refractivity contribution in [3.05, 3.63) is 76.8 Å². The Kier molecular flexibility index (Phi) is 5.45. The summed E-state index contributed by atoms with van der Waals surface area (Å²) < 4.78 is 5.72. The number of hydrogen-bond donors (Lipinski definition) is 1. The van der Waals surface area contributed by atoms with Crippen LogP contribution in [0.1, 0.15) is 55.3 Å². The van der Waals surface area contributed by atoms with Gasteiger partial charge in [-0.3, -0.25) is 10.1 Å². The first kappa shape index (κ1) is 20.9. The van der Waals surface area contributed by atoms with Crippen LogP contribution in [-0.4, -0.2) is 17.5 Å². The molecule has 4 saturated carbocycles. The van der Waals surface area contributed by atoms with Gasteiger partial charge in [-0.1, -0.05) is 42.5 Å². The second-order valence-corrected chi connectivity index (χ2v) is 11.2. The number of hydrogen-bond acceptors (Lipinski definition) is 4. The first-order valence-electron chi connectivity index (χ1n) is 12.2. The quantitative estimate of drug-likeness (QED) is 0.457. The molecule has 5 heteroatoms. The van der Waals surface area contributed by atoms with Gasteiger partial charge in [-0.05, 0) is 86.0 Å². The Morgan fingerprint density at radius 1 is 0.939 bits per heavy atom. The molecule has 33 heavy (non-hydrogen) atoms. The molecule has 4 fully saturated rings. The van der Waals surface area contributed by atoms with Crippen LogP contribution < -0.4 is 10.1 Å². The number of thiazole rings is 1. The number of amides is 1. The highest BCUT2D eigenvalue weighted by molar-refractivity contribution is 7.14. The summed E-state index contributed by atoms with van der Waals surface area (Å²) in [6, 6.07) is 18.4. The van der Waals surface area contributed by atoms with Crippen molar-refractivity contribution in [2.24, 2.45) is 17.8 Å². The molecule has 1 heterocycles. The summed E-state index contributed by atoms with van der Waals surface area (Å²) >= 11 is 1.55. The molecule has 1 amide bonds. The predicted octanol–water partition coefficient (Wildman–Crippen LogP) is 6.22. The molecular formula is C28H30N2O2S. The van der Waals surface area contributed by atoms with Gasteiger partial charge in [-0.15, -0.1) is 11.3 Å². The molecule has 0 radical (unpaired) electrons. The topological polar surface area (TPSA) is 51.2 Å². The smallest absolute Gasteiger partial charge is 0.264 e. The van der Waals surface area contributed by atoms with Crippen molar-refractivity contribution in [2.45, 2.75) is 50.4 Å². The molecule has 4 bridgehead atoms. The zero-order chi connectivity index (χ0) is 22.3. The summed E-state index contributed by atoms with van der Waals surface area (Å²) in [5.41, 5.74) is 3.99. The van der Waals surface area contributed by atoms with Gasteiger partial charge in [0.1, 0.15) is 5.75 Å². The van der Waals surface area contributed by atoms with Gasteiger partial charge in [0.25, 0.3) is 5.91 Å². The summed E-state index contributed by atoms with van der Waals surface area (Å²) in [6.07, 6.45) is 9.04. The van der Waals surface area contributed by atoms with Crippen LogP contribution in [0, 0.1) is 17.8 Å². The molecule has 1 N–H and O–H groups in total. The van der Waals surface area contributed by atoms with E-state index in [4.69, 9.17) is 9.72 Å². The largest absolute Gasteiger partial charge is 0.484 e. The van der Waals surface area contributed by atoms with Crippen LogP contribution >= 0.6 is 11.3 Å². The molecule has 4 aliphatic carbocycles. The standard InChI is InChI=1S/C28H30N2O2S/c31-26(17-32-24-8-6-20(7-9-24)10-19-4-2-1-3-5-19)30-27-29-25(18-33-27)28-14-21-11-22(15-28)13-23(12-21)16-28/h1-9,18,21-23H,10-17H2,(H,29,30,31). The SMILES string of the molecule is O=C(COc1ccc(Cc2ccccc2)cc1)Nc1nc(C23CC4CC(CC(C4)C2)C3)cs1. The number of anilines is 1. The molecule has 2 aromatic carbocycles. The minimum absolute atomic E-state index is 0.00961. The molecule has 4 nitrogen and oxygen atoms in total. The van der Waals surface area contributed by atoms with Gasteiger partial charge < -0.3 is 4.74 Å². The molecule has 1 aromatic heterocycles. The summed E-state index contributed by atoms with van der Waals surface area (Å²) in [4.78, 5) is 17.4. The fraction of sp³-hybridized carbons (Fsp3) is 0.429. The van der Waals surface area contributed by atoms with Crippen molar-refractivity contribution in [2.75, 3.05) is 11.9 Å². The lowest BCUT2D eigenvalue weighted by molar-refractivity contribution is -0.118. The number of nitrogens with zero attached hydrogens (tertiary/aromatic N) is 1. The van der Waals surface area contributed by atoms with E-state index in [-0.39, 0.29) is 17.9 Å². The summed E-state index contributed by atoms with van der Waals surface area (Å²) in [6.45, 7) is -0.00961. The van der Waals surface area contributed by atoms with Crippen LogP contribution in [0.4, 0.5) is 5.13 Å². The lowest BCUT2D eigenvalue weighted by Gasteiger charge is -2.56. The molecule has 170 valence electrons. The van der Waals surface area contributed by atoms with Crippen LogP contribution in [0.3, 0.4) is 0 Å². The van der Waals surface area contributed by atoms with Crippen molar-refractivity contribution in [1.82, 2.24) is 4.98 Å². The van der Waals surface area contributed by atoms with E-state index >= 15 is 0 Å². The number of rotatable bonds is 7. The maximum atomic E-state index is 12.5. The van der Waals surface area contributed by atoms with E-state index in [1.807, 2.05) is 18.2 Å². The van der Waals surface area contributed by atoms with Crippen molar-refractivity contribution in [1.29, 1.82) is 0 Å². The lowest BCUT2D eigenvalue weighted by Crippen LogP contribution is -2.48. The van der Waals surface area contributed by atoms with E-state index in [0.717, 1.165) is 24.2 Å². The zero-order valence-corrected chi connectivity index (χ0v) is 19.7. The van der Waals surface area contributed by atoms with Crippen molar-refractivity contribution in [3.63, 3.8) is 0 Å². The third kappa shape index (κ3) is 4.43. The second-order valence-electron chi connectivity index (χ2n) is 10.4. The van der Waals surface area contributed by atoms with Crippen LogP contribution in [0.2, 0.25) is 0 Å². The fourth-order valence-electron chi connectivity index (χ4n) is 6.84. The van der Waals surface area contributed by atoms with Gasteiger partial charge in [0.15, 0.2) is 11.7 Å². The number of ether oxygens (including phenoxy) is 1. The third-order valence-corrected chi connectivity index (χ3v) is 8.63. The fourth-order valence-corrected chi connectivity index (χ4v) is 7.69. The molecule has 0 spiro atoms. The highest BCUT2D eigenvalue weighted by atomic mass is 32.1. The molecule has 7 rings (SSSR count). The Hall–Kier alpha value is -2.66. The van der Waals surface area contributed by atoms with Gasteiger partial charge in [0, 0.05) is 10.8 Å². The Bertz CT molecular complexity index is 1090. The number of nitrogens with one attached hydrogen (secondary N) is 1. The molecule has 3 aromatic rings. The van der Waals surface area contributed by atoms with Crippen LogP contribution in [0.5, 0.6) is 5.75 Å². The number of carbonyl (C=O) groups excluding carboxylic acids is 1. The highest BCUT2D eigenvalue weighted by Gasteiger charge is 2.52. The van der Waals surface area contributed by atoms with E-state index in [1.165, 1.54) is 55.3 Å². The minimum atomic E-state index is -0.158. The minimum Gasteiger partial charge on any atom is -0.484 e. The number of benzene rings is 2. The monoisotopic (exact) mass is 458 g/mol. The predicted molar refractivity (Wildman–Crippen MR) is 132 cm³/mol. The van der Waals surface area contributed by atoms with Crippen LogP contribution in [0.25, 0.3) is 0 Å². The highest BCUT2D eigenvalue weighted by Crippen LogP contribution is 2.60. The number of carbonyl (C=O) groups is 1. The molecule has 0 atom stereocenters. The molecule has 4 aliphatic rings. The maximum absolute atomic E-state index is 12.5. The normalized spacial score (nSPS) is 27.5. The molecule has 0 aliphatic heterocycles. The molecule has 0 saturated heterocycles. The van der Waals surface area contributed by atoms with Crippen LogP contribution in [-0.2, 0) is 16.6 Å². The molecule has 0 unspecified atom stereocenters. The van der Waals surface area contributed by atoms with E-state index in [2.05, 4.69) is 47.1 Å². The second kappa shape index (κ2) is 8.60. The van der Waals surface area contributed by atoms with E-state index < -0.39 is 0 Å². The zero-order valence-electron chi connectivity index (χ0n) is 18.8. The molecular weight excluding hydrogens is 428 g/mol. The van der Waals surface area contributed by atoms with Gasteiger partial charge in [-0.25, -0.2) is 4.98 Å². The van der Waals surface area contributed by atoms with Crippen molar-refractivity contribution in [3.8, 4) is 5.75 Å². The first-order chi connectivity index (χ1) is 16.1. The van der Waals surface area contributed by atoms with E-state index in [0.29, 0.717) is 10.9 Å². The Balaban J connectivity index is 1.03. The third-order valence-electron chi connectivity index (χ3n) is 7.88. The van der Waals surface area contributed by atoms with E-state index in [9.17, 15) is 4.79 Å². The van der Waals surface area contributed by atoms with Gasteiger partial charge in [-0.2, -0.15) is 0 Å². The maximum Gasteiger partial charge on any atom is 0.264 e.